The van der Waals surface area contributed by atoms with Crippen LogP contribution in [0.1, 0.15) is 91.8 Å². The van der Waals surface area contributed by atoms with Crippen LogP contribution < -0.4 is 0 Å². The number of unbranched alkanes of at least 4 members (excludes halogenated alkanes) is 3. The number of benzene rings is 1. The first kappa shape index (κ1) is 25.6. The van der Waals surface area contributed by atoms with E-state index >= 15 is 0 Å². The third-order valence-corrected chi connectivity index (χ3v) is 5.82. The van der Waals surface area contributed by atoms with Gasteiger partial charge < -0.3 is 9.30 Å². The molecule has 0 radical (unpaired) electrons. The summed E-state index contributed by atoms with van der Waals surface area (Å²) in [5.41, 5.74) is 3.80. The number of esters is 1. The highest BCUT2D eigenvalue weighted by molar-refractivity contribution is 7.00. The molecule has 0 spiro atoms. The highest BCUT2D eigenvalue weighted by Crippen LogP contribution is 2.34. The molecule has 0 saturated heterocycles. The Bertz CT molecular complexity index is 642. The maximum absolute atomic E-state index is 13.5. The molecule has 0 N–H and O–H groups in total. The summed E-state index contributed by atoms with van der Waals surface area (Å²) in [6, 6.07) is 4.07. The van der Waals surface area contributed by atoms with Crippen LogP contribution in [0.5, 0.6) is 0 Å². The van der Waals surface area contributed by atoms with Gasteiger partial charge >= 0.3 is 5.97 Å². The smallest absolute Gasteiger partial charge is 0.317 e. The minimum absolute atomic E-state index is 0.0320. The molecule has 2 unspecified atom stereocenters. The Labute approximate surface area is 178 Å². The first-order valence-corrected chi connectivity index (χ1v) is 11.6. The number of aryl methyl sites for hydroxylation is 3. The van der Waals surface area contributed by atoms with Gasteiger partial charge in [0.25, 0.3) is 0 Å². The standard InChI is InChI=1S/C24H36O3.H3OP/c1-5-6-7-11-14-27-24(26)22(20-12-9-8-10-13-20)23(25)21-18(3)15-17(2)16-19(21)4;1-2/h15-16,20,22H,5-14H2,1-4H3;2H3. The van der Waals surface area contributed by atoms with Crippen molar-refractivity contribution in [1.82, 2.24) is 0 Å². The molecular formula is C24H39O4P. The topological polar surface area (TPSA) is 60.4 Å². The summed E-state index contributed by atoms with van der Waals surface area (Å²) in [6.07, 6.45) is 9.57. The molecule has 0 aromatic heterocycles. The minimum atomic E-state index is -0.642. The summed E-state index contributed by atoms with van der Waals surface area (Å²) in [5, 5.41) is 0. The van der Waals surface area contributed by atoms with Gasteiger partial charge in [0.1, 0.15) is 5.92 Å². The zero-order chi connectivity index (χ0) is 21.8. The molecule has 1 aliphatic rings. The number of hydrogen-bond donors (Lipinski definition) is 0. The van der Waals surface area contributed by atoms with Crippen LogP contribution in [0, 0.1) is 32.6 Å². The lowest BCUT2D eigenvalue weighted by atomic mass is 9.75. The molecule has 2 rings (SSSR count). The van der Waals surface area contributed by atoms with E-state index in [1.165, 1.54) is 6.42 Å². The van der Waals surface area contributed by atoms with Gasteiger partial charge in [0.2, 0.25) is 0 Å². The number of hydrogen-bond acceptors (Lipinski definition) is 4. The zero-order valence-corrected chi connectivity index (χ0v) is 20.1. The Hall–Kier alpha value is -1.41. The number of Topliss-reactive ketones (excluding diaryl/α,β-unsaturated/α-hetero) is 1. The molecule has 0 amide bonds. The van der Waals surface area contributed by atoms with Crippen molar-refractivity contribution in [3.8, 4) is 0 Å². The second-order valence-corrected chi connectivity index (χ2v) is 8.24. The van der Waals surface area contributed by atoms with Crippen LogP contribution in [-0.2, 0) is 14.1 Å². The molecule has 2 atom stereocenters. The van der Waals surface area contributed by atoms with E-state index in [0.29, 0.717) is 15.7 Å². The molecular weight excluding hydrogens is 383 g/mol. The van der Waals surface area contributed by atoms with Crippen molar-refractivity contribution in [2.24, 2.45) is 11.8 Å². The van der Waals surface area contributed by atoms with Crippen molar-refractivity contribution in [3.05, 3.63) is 34.4 Å². The molecule has 1 aromatic rings. The summed E-state index contributed by atoms with van der Waals surface area (Å²) in [6.45, 7) is 8.58. The first-order valence-electron chi connectivity index (χ1n) is 11.0. The van der Waals surface area contributed by atoms with E-state index in [2.05, 4.69) is 6.92 Å². The number of ketones is 1. The number of carbonyl (C=O) groups excluding carboxylic acids is 2. The summed E-state index contributed by atoms with van der Waals surface area (Å²) in [4.78, 5) is 26.4. The minimum Gasteiger partial charge on any atom is -0.465 e. The molecule has 0 bridgehead atoms. The molecule has 0 heterocycles. The molecule has 29 heavy (non-hydrogen) atoms. The lowest BCUT2D eigenvalue weighted by molar-refractivity contribution is -0.149. The fourth-order valence-corrected chi connectivity index (χ4v) is 4.50. The molecule has 1 aromatic carbocycles. The Morgan fingerprint density at radius 3 is 2.14 bits per heavy atom. The Morgan fingerprint density at radius 1 is 1.00 bits per heavy atom. The van der Waals surface area contributed by atoms with Gasteiger partial charge in [0.15, 0.2) is 5.78 Å². The summed E-state index contributed by atoms with van der Waals surface area (Å²) >= 11 is 0. The summed E-state index contributed by atoms with van der Waals surface area (Å²) < 4.78 is 13.9. The predicted octanol–water partition coefficient (Wildman–Crippen LogP) is 6.05. The van der Waals surface area contributed by atoms with Gasteiger partial charge in [-0.3, -0.25) is 9.59 Å². The van der Waals surface area contributed by atoms with Crippen molar-refractivity contribution in [2.45, 2.75) is 85.5 Å². The van der Waals surface area contributed by atoms with E-state index in [-0.39, 0.29) is 17.7 Å². The van der Waals surface area contributed by atoms with Gasteiger partial charge in [-0.2, -0.15) is 0 Å². The quantitative estimate of drug-likeness (QED) is 0.160. The van der Waals surface area contributed by atoms with E-state index in [9.17, 15) is 9.59 Å². The summed E-state index contributed by atoms with van der Waals surface area (Å²) in [5.74, 6) is -0.857. The Kier molecular flexibility index (Phi) is 12.1. The van der Waals surface area contributed by atoms with Crippen molar-refractivity contribution in [2.75, 3.05) is 6.61 Å². The van der Waals surface area contributed by atoms with Crippen LogP contribution in [0.3, 0.4) is 0 Å². The van der Waals surface area contributed by atoms with Crippen LogP contribution in [0.4, 0.5) is 0 Å². The maximum atomic E-state index is 13.5. The van der Waals surface area contributed by atoms with Crippen molar-refractivity contribution in [3.63, 3.8) is 0 Å². The molecule has 4 nitrogen and oxygen atoms in total. The van der Waals surface area contributed by atoms with Crippen LogP contribution >= 0.6 is 9.12 Å². The lowest BCUT2D eigenvalue weighted by Crippen LogP contribution is -2.35. The third kappa shape index (κ3) is 7.74. The largest absolute Gasteiger partial charge is 0.465 e. The molecule has 1 saturated carbocycles. The highest BCUT2D eigenvalue weighted by atomic mass is 31.0. The number of rotatable bonds is 9. The second kappa shape index (κ2) is 13.7. The maximum Gasteiger partial charge on any atom is 0.317 e. The van der Waals surface area contributed by atoms with Crippen LogP contribution in [0.25, 0.3) is 0 Å². The van der Waals surface area contributed by atoms with E-state index in [1.54, 1.807) is 0 Å². The van der Waals surface area contributed by atoms with E-state index < -0.39 is 5.92 Å². The number of carbonyl (C=O) groups is 2. The van der Waals surface area contributed by atoms with Gasteiger partial charge in [0, 0.05) is 5.56 Å². The number of ether oxygens (including phenoxy) is 1. The molecule has 1 aliphatic carbocycles. The third-order valence-electron chi connectivity index (χ3n) is 5.82. The summed E-state index contributed by atoms with van der Waals surface area (Å²) in [7, 11) is 0.611. The molecule has 164 valence electrons. The van der Waals surface area contributed by atoms with E-state index in [4.69, 9.17) is 9.30 Å². The Morgan fingerprint density at radius 2 is 1.59 bits per heavy atom. The SMILES string of the molecule is CCCCCCOC(=O)C(C(=O)c1c(C)cc(C)cc1C)C1CCCCC1.O=[PH3]. The van der Waals surface area contributed by atoms with Crippen molar-refractivity contribution < 1.29 is 18.9 Å². The van der Waals surface area contributed by atoms with Gasteiger partial charge in [-0.05, 0) is 57.1 Å². The molecule has 0 aliphatic heterocycles. The van der Waals surface area contributed by atoms with Gasteiger partial charge in [-0.15, -0.1) is 0 Å². The molecule has 5 heteroatoms. The van der Waals surface area contributed by atoms with Crippen LogP contribution in [0.2, 0.25) is 0 Å². The van der Waals surface area contributed by atoms with E-state index in [1.807, 2.05) is 32.9 Å². The van der Waals surface area contributed by atoms with Crippen molar-refractivity contribution in [1.29, 1.82) is 0 Å². The highest BCUT2D eigenvalue weighted by Gasteiger charge is 2.38. The fourth-order valence-electron chi connectivity index (χ4n) is 4.50. The fraction of sp³-hybridized carbons (Fsp3) is 0.667. The van der Waals surface area contributed by atoms with Gasteiger partial charge in [-0.1, -0.05) is 63.1 Å². The van der Waals surface area contributed by atoms with Crippen LogP contribution in [-0.4, -0.2) is 18.4 Å². The predicted molar refractivity (Wildman–Crippen MR) is 122 cm³/mol. The van der Waals surface area contributed by atoms with Crippen LogP contribution in [0.15, 0.2) is 12.1 Å². The normalized spacial score (nSPS) is 15.3. The lowest BCUT2D eigenvalue weighted by Gasteiger charge is -2.28. The Balaban J connectivity index is 0.00000204. The molecule has 1 fully saturated rings. The van der Waals surface area contributed by atoms with Crippen molar-refractivity contribution >= 4 is 20.9 Å². The second-order valence-electron chi connectivity index (χ2n) is 8.24. The van der Waals surface area contributed by atoms with Gasteiger partial charge in [0.05, 0.1) is 15.7 Å². The zero-order valence-electron chi connectivity index (χ0n) is 18.7. The average molecular weight is 423 g/mol. The first-order chi connectivity index (χ1) is 14.0. The van der Waals surface area contributed by atoms with Gasteiger partial charge in [-0.25, -0.2) is 0 Å². The van der Waals surface area contributed by atoms with E-state index in [0.717, 1.165) is 73.6 Å². The average Bonchev–Trinajstić information content (AvgIpc) is 2.69. The monoisotopic (exact) mass is 422 g/mol.